The highest BCUT2D eigenvalue weighted by Gasteiger charge is 2.08. The van der Waals surface area contributed by atoms with Gasteiger partial charge in [0.05, 0.1) is 6.61 Å². The van der Waals surface area contributed by atoms with Gasteiger partial charge in [0, 0.05) is 20.0 Å². The predicted molar refractivity (Wildman–Crippen MR) is 69.0 cm³/mol. The molecule has 3 nitrogen and oxygen atoms in total. The van der Waals surface area contributed by atoms with E-state index in [0.29, 0.717) is 6.54 Å². The first kappa shape index (κ1) is 13.7. The molecule has 0 saturated carbocycles. The molecule has 1 aromatic carbocycles. The zero-order valence-electron chi connectivity index (χ0n) is 10.9. The van der Waals surface area contributed by atoms with Gasteiger partial charge < -0.3 is 10.0 Å². The maximum Gasteiger partial charge on any atom is 0.224 e. The SMILES string of the molecule is Cc1ccc(CCN(C)C(=O)CCO)c(C)c1. The molecule has 0 heterocycles. The number of benzene rings is 1. The third-order valence-corrected chi connectivity index (χ3v) is 2.97. The van der Waals surface area contributed by atoms with Gasteiger partial charge in [-0.2, -0.15) is 0 Å². The monoisotopic (exact) mass is 235 g/mol. The third-order valence-electron chi connectivity index (χ3n) is 2.97. The lowest BCUT2D eigenvalue weighted by molar-refractivity contribution is -0.130. The van der Waals surface area contributed by atoms with E-state index in [-0.39, 0.29) is 18.9 Å². The fraction of sp³-hybridized carbons (Fsp3) is 0.500. The number of hydrogen-bond acceptors (Lipinski definition) is 2. The maximum absolute atomic E-state index is 11.5. The fourth-order valence-corrected chi connectivity index (χ4v) is 1.83. The van der Waals surface area contributed by atoms with E-state index >= 15 is 0 Å². The first-order valence-electron chi connectivity index (χ1n) is 5.95. The molecule has 0 aliphatic carbocycles. The predicted octanol–water partition coefficient (Wildman–Crippen LogP) is 1.69. The normalized spacial score (nSPS) is 10.4. The number of likely N-dealkylation sites (N-methyl/N-ethyl adjacent to an activating group) is 1. The van der Waals surface area contributed by atoms with Crippen molar-refractivity contribution in [1.82, 2.24) is 4.90 Å². The van der Waals surface area contributed by atoms with Gasteiger partial charge in [-0.3, -0.25) is 4.79 Å². The number of rotatable bonds is 5. The Labute approximate surface area is 103 Å². The Balaban J connectivity index is 2.52. The van der Waals surface area contributed by atoms with Crippen molar-refractivity contribution in [1.29, 1.82) is 0 Å². The molecule has 1 N–H and O–H groups in total. The molecule has 0 aliphatic rings. The van der Waals surface area contributed by atoms with E-state index in [9.17, 15) is 4.79 Å². The Morgan fingerprint density at radius 1 is 1.35 bits per heavy atom. The van der Waals surface area contributed by atoms with Gasteiger partial charge in [0.25, 0.3) is 0 Å². The number of hydrogen-bond donors (Lipinski definition) is 1. The molecule has 0 bridgehead atoms. The Hall–Kier alpha value is -1.35. The summed E-state index contributed by atoms with van der Waals surface area (Å²) in [4.78, 5) is 13.1. The summed E-state index contributed by atoms with van der Waals surface area (Å²) in [6, 6.07) is 6.37. The molecular weight excluding hydrogens is 214 g/mol. The summed E-state index contributed by atoms with van der Waals surface area (Å²) in [7, 11) is 1.78. The maximum atomic E-state index is 11.5. The van der Waals surface area contributed by atoms with Crippen LogP contribution in [0.15, 0.2) is 18.2 Å². The van der Waals surface area contributed by atoms with Gasteiger partial charge in [-0.1, -0.05) is 23.8 Å². The Morgan fingerprint density at radius 2 is 2.06 bits per heavy atom. The Morgan fingerprint density at radius 3 is 2.65 bits per heavy atom. The number of aliphatic hydroxyl groups is 1. The van der Waals surface area contributed by atoms with Crippen LogP contribution in [0.5, 0.6) is 0 Å². The van der Waals surface area contributed by atoms with Crippen LogP contribution in [0.25, 0.3) is 0 Å². The fourth-order valence-electron chi connectivity index (χ4n) is 1.83. The first-order valence-corrected chi connectivity index (χ1v) is 5.95. The van der Waals surface area contributed by atoms with Gasteiger partial charge in [0.1, 0.15) is 0 Å². The smallest absolute Gasteiger partial charge is 0.224 e. The van der Waals surface area contributed by atoms with Crippen molar-refractivity contribution in [2.24, 2.45) is 0 Å². The molecule has 0 radical (unpaired) electrons. The molecule has 0 saturated heterocycles. The van der Waals surface area contributed by atoms with Crippen LogP contribution in [-0.2, 0) is 11.2 Å². The lowest BCUT2D eigenvalue weighted by Crippen LogP contribution is -2.29. The van der Waals surface area contributed by atoms with Crippen LogP contribution in [-0.4, -0.2) is 36.1 Å². The number of carbonyl (C=O) groups excluding carboxylic acids is 1. The zero-order valence-corrected chi connectivity index (χ0v) is 10.9. The first-order chi connectivity index (χ1) is 8.04. The average Bonchev–Trinajstić information content (AvgIpc) is 2.27. The van der Waals surface area contributed by atoms with Crippen molar-refractivity contribution in [3.63, 3.8) is 0 Å². The van der Waals surface area contributed by atoms with E-state index in [4.69, 9.17) is 5.11 Å². The molecular formula is C14H21NO2. The van der Waals surface area contributed by atoms with Crippen molar-refractivity contribution in [3.8, 4) is 0 Å². The molecule has 0 aromatic heterocycles. The highest BCUT2D eigenvalue weighted by Crippen LogP contribution is 2.11. The van der Waals surface area contributed by atoms with Crippen LogP contribution in [0.3, 0.4) is 0 Å². The average molecular weight is 235 g/mol. The van der Waals surface area contributed by atoms with Crippen LogP contribution in [0.2, 0.25) is 0 Å². The minimum atomic E-state index is -0.0767. The summed E-state index contributed by atoms with van der Waals surface area (Å²) < 4.78 is 0. The van der Waals surface area contributed by atoms with Gasteiger partial charge >= 0.3 is 0 Å². The van der Waals surface area contributed by atoms with E-state index in [1.54, 1.807) is 11.9 Å². The second kappa shape index (κ2) is 6.40. The quantitative estimate of drug-likeness (QED) is 0.843. The molecule has 94 valence electrons. The van der Waals surface area contributed by atoms with Gasteiger partial charge in [-0.05, 0) is 31.4 Å². The largest absolute Gasteiger partial charge is 0.396 e. The molecule has 1 amide bonds. The summed E-state index contributed by atoms with van der Waals surface area (Å²) in [5.74, 6) is -0.00253. The molecule has 0 spiro atoms. The lowest BCUT2D eigenvalue weighted by atomic mass is 10.0. The lowest BCUT2D eigenvalue weighted by Gasteiger charge is -2.17. The van der Waals surface area contributed by atoms with E-state index in [1.165, 1.54) is 16.7 Å². The molecule has 0 aliphatic heterocycles. The topological polar surface area (TPSA) is 40.5 Å². The minimum absolute atomic E-state index is 0.00253. The third kappa shape index (κ3) is 4.19. The Bertz CT molecular complexity index is 388. The summed E-state index contributed by atoms with van der Waals surface area (Å²) in [6.45, 7) is 4.79. The van der Waals surface area contributed by atoms with E-state index in [1.807, 2.05) is 0 Å². The second-order valence-corrected chi connectivity index (χ2v) is 4.47. The van der Waals surface area contributed by atoms with Crippen molar-refractivity contribution >= 4 is 5.91 Å². The van der Waals surface area contributed by atoms with Crippen molar-refractivity contribution in [2.75, 3.05) is 20.2 Å². The van der Waals surface area contributed by atoms with Gasteiger partial charge in [-0.15, -0.1) is 0 Å². The van der Waals surface area contributed by atoms with E-state index in [0.717, 1.165) is 6.42 Å². The van der Waals surface area contributed by atoms with E-state index < -0.39 is 0 Å². The summed E-state index contributed by atoms with van der Waals surface area (Å²) >= 11 is 0. The molecule has 17 heavy (non-hydrogen) atoms. The van der Waals surface area contributed by atoms with Gasteiger partial charge in [-0.25, -0.2) is 0 Å². The van der Waals surface area contributed by atoms with Crippen LogP contribution in [0.4, 0.5) is 0 Å². The molecule has 1 aromatic rings. The summed E-state index contributed by atoms with van der Waals surface area (Å²) in [5, 5.41) is 8.70. The van der Waals surface area contributed by atoms with Crippen LogP contribution >= 0.6 is 0 Å². The van der Waals surface area contributed by atoms with Crippen LogP contribution in [0, 0.1) is 13.8 Å². The summed E-state index contributed by atoms with van der Waals surface area (Å²) in [6.07, 6.45) is 1.07. The van der Waals surface area contributed by atoms with Crippen molar-refractivity contribution in [2.45, 2.75) is 26.7 Å². The van der Waals surface area contributed by atoms with Crippen molar-refractivity contribution in [3.05, 3.63) is 34.9 Å². The zero-order chi connectivity index (χ0) is 12.8. The van der Waals surface area contributed by atoms with Crippen LogP contribution < -0.4 is 0 Å². The number of aliphatic hydroxyl groups excluding tert-OH is 1. The van der Waals surface area contributed by atoms with E-state index in [2.05, 4.69) is 32.0 Å². The minimum Gasteiger partial charge on any atom is -0.396 e. The molecule has 0 unspecified atom stereocenters. The van der Waals surface area contributed by atoms with Gasteiger partial charge in [0.2, 0.25) is 5.91 Å². The number of amides is 1. The van der Waals surface area contributed by atoms with Crippen LogP contribution in [0.1, 0.15) is 23.1 Å². The van der Waals surface area contributed by atoms with Crippen molar-refractivity contribution < 1.29 is 9.90 Å². The number of carbonyl (C=O) groups is 1. The molecule has 0 fully saturated rings. The second-order valence-electron chi connectivity index (χ2n) is 4.47. The standard InChI is InChI=1S/C14H21NO2/c1-11-4-5-13(12(2)10-11)6-8-15(3)14(17)7-9-16/h4-5,10,16H,6-9H2,1-3H3. The molecule has 1 rings (SSSR count). The molecule has 0 atom stereocenters. The van der Waals surface area contributed by atoms with Gasteiger partial charge in [0.15, 0.2) is 0 Å². The summed E-state index contributed by atoms with van der Waals surface area (Å²) in [5.41, 5.74) is 3.81. The molecule has 3 heteroatoms. The number of nitrogens with zero attached hydrogens (tertiary/aromatic N) is 1. The highest BCUT2D eigenvalue weighted by atomic mass is 16.3. The highest BCUT2D eigenvalue weighted by molar-refractivity contribution is 5.75. The Kier molecular flexibility index (Phi) is 5.16. The number of aryl methyl sites for hydroxylation is 2.